The lowest BCUT2D eigenvalue weighted by Crippen LogP contribution is -2.41. The molecule has 2 amide bonds. The van der Waals surface area contributed by atoms with Gasteiger partial charge in [0.15, 0.2) is 0 Å². The second-order valence-corrected chi connectivity index (χ2v) is 9.12. The molecule has 0 heterocycles. The Labute approximate surface area is 195 Å². The van der Waals surface area contributed by atoms with E-state index in [4.69, 9.17) is 4.74 Å². The van der Waals surface area contributed by atoms with Gasteiger partial charge < -0.3 is 20.3 Å². The van der Waals surface area contributed by atoms with E-state index < -0.39 is 22.0 Å². The number of rotatable bonds is 12. The van der Waals surface area contributed by atoms with Crippen LogP contribution in [0.5, 0.6) is 5.75 Å². The maximum Gasteiger partial charge on any atom is 0.242 e. The van der Waals surface area contributed by atoms with Gasteiger partial charge in [-0.15, -0.1) is 0 Å². The summed E-state index contributed by atoms with van der Waals surface area (Å²) in [5.41, 5.74) is 0.942. The Morgan fingerprint density at radius 2 is 1.64 bits per heavy atom. The quantitative estimate of drug-likeness (QED) is 0.434. The molecule has 0 unspecified atom stereocenters. The zero-order chi connectivity index (χ0) is 24.4. The Morgan fingerprint density at radius 1 is 1.00 bits per heavy atom. The number of sulfonamides is 1. The molecule has 0 aliphatic carbocycles. The number of anilines is 2. The number of nitrogens with zero attached hydrogens (tertiary/aromatic N) is 1. The highest BCUT2D eigenvalue weighted by Crippen LogP contribution is 2.24. The van der Waals surface area contributed by atoms with Gasteiger partial charge in [-0.25, -0.2) is 8.42 Å². The van der Waals surface area contributed by atoms with E-state index in [0.717, 1.165) is 19.6 Å². The van der Waals surface area contributed by atoms with E-state index in [-0.39, 0.29) is 10.8 Å². The number of hydrogen-bond acceptors (Lipinski definition) is 6. The molecule has 0 aromatic heterocycles. The average Bonchev–Trinajstić information content (AvgIpc) is 2.77. The van der Waals surface area contributed by atoms with Gasteiger partial charge in [0.25, 0.3) is 0 Å². The van der Waals surface area contributed by atoms with Crippen molar-refractivity contribution in [3.8, 4) is 5.75 Å². The molecule has 0 aliphatic rings. The van der Waals surface area contributed by atoms with Gasteiger partial charge in [0.1, 0.15) is 12.4 Å². The SMILES string of the molecule is CCN(CC)CCOc1ccccc1NC(=O)[C@H](C)NS(=O)(=O)c1ccc(NC(C)=O)cc1. The smallest absolute Gasteiger partial charge is 0.242 e. The zero-order valence-corrected chi connectivity index (χ0v) is 20.2. The van der Waals surface area contributed by atoms with Crippen LogP contribution in [-0.4, -0.2) is 57.4 Å². The van der Waals surface area contributed by atoms with Crippen LogP contribution in [-0.2, 0) is 19.6 Å². The van der Waals surface area contributed by atoms with Gasteiger partial charge in [0.05, 0.1) is 16.6 Å². The standard InChI is InChI=1S/C23H32N4O5S/c1-5-27(6-2)15-16-32-22-10-8-7-9-21(22)25-23(29)17(3)26-33(30,31)20-13-11-19(12-14-20)24-18(4)28/h7-14,17,26H,5-6,15-16H2,1-4H3,(H,24,28)(H,25,29)/t17-/m0/s1. The Balaban J connectivity index is 2.00. The number of nitrogens with one attached hydrogen (secondary N) is 3. The molecule has 0 saturated heterocycles. The van der Waals surface area contributed by atoms with Crippen LogP contribution < -0.4 is 20.1 Å². The van der Waals surface area contributed by atoms with Crippen LogP contribution in [0.3, 0.4) is 0 Å². The summed E-state index contributed by atoms with van der Waals surface area (Å²) < 4.78 is 33.5. The summed E-state index contributed by atoms with van der Waals surface area (Å²) in [5.74, 6) is -0.263. The molecule has 1 atom stereocenters. The Bertz CT molecular complexity index is 1040. The minimum atomic E-state index is -3.94. The molecular formula is C23H32N4O5S. The predicted octanol–water partition coefficient (Wildman–Crippen LogP) is 2.67. The number of ether oxygens (including phenoxy) is 1. The summed E-state index contributed by atoms with van der Waals surface area (Å²) in [7, 11) is -3.94. The van der Waals surface area contributed by atoms with Crippen LogP contribution in [0.2, 0.25) is 0 Å². The second-order valence-electron chi connectivity index (χ2n) is 7.41. The van der Waals surface area contributed by atoms with Crippen molar-refractivity contribution in [1.29, 1.82) is 0 Å². The van der Waals surface area contributed by atoms with Gasteiger partial charge in [-0.3, -0.25) is 9.59 Å². The Morgan fingerprint density at radius 3 is 2.24 bits per heavy atom. The van der Waals surface area contributed by atoms with Crippen molar-refractivity contribution in [3.63, 3.8) is 0 Å². The van der Waals surface area contributed by atoms with Crippen molar-refractivity contribution in [3.05, 3.63) is 48.5 Å². The lowest BCUT2D eigenvalue weighted by molar-refractivity contribution is -0.117. The number of likely N-dealkylation sites (N-methyl/N-ethyl adjacent to an activating group) is 1. The first-order chi connectivity index (χ1) is 15.7. The van der Waals surface area contributed by atoms with Gasteiger partial charge in [0.2, 0.25) is 21.8 Å². The molecular weight excluding hydrogens is 444 g/mol. The van der Waals surface area contributed by atoms with Crippen molar-refractivity contribution in [1.82, 2.24) is 9.62 Å². The number of para-hydroxylation sites is 2. The van der Waals surface area contributed by atoms with Gasteiger partial charge >= 0.3 is 0 Å². The second kappa shape index (κ2) is 12.3. The number of carbonyl (C=O) groups excluding carboxylic acids is 2. The maximum absolute atomic E-state index is 12.7. The molecule has 180 valence electrons. The maximum atomic E-state index is 12.7. The van der Waals surface area contributed by atoms with E-state index in [2.05, 4.69) is 34.1 Å². The molecule has 33 heavy (non-hydrogen) atoms. The van der Waals surface area contributed by atoms with Crippen LogP contribution in [0.1, 0.15) is 27.7 Å². The lowest BCUT2D eigenvalue weighted by atomic mass is 10.2. The Kier molecular flexibility index (Phi) is 9.83. The van der Waals surface area contributed by atoms with Gasteiger partial charge in [0, 0.05) is 19.2 Å². The van der Waals surface area contributed by atoms with Crippen molar-refractivity contribution < 1.29 is 22.7 Å². The summed E-state index contributed by atoms with van der Waals surface area (Å²) in [4.78, 5) is 26.0. The summed E-state index contributed by atoms with van der Waals surface area (Å²) in [5, 5.41) is 5.30. The van der Waals surface area contributed by atoms with Crippen LogP contribution in [0.25, 0.3) is 0 Å². The van der Waals surface area contributed by atoms with E-state index in [1.54, 1.807) is 24.3 Å². The molecule has 0 spiro atoms. The van der Waals surface area contributed by atoms with E-state index in [1.807, 2.05) is 0 Å². The van der Waals surface area contributed by atoms with Crippen molar-refractivity contribution >= 4 is 33.2 Å². The third-order valence-corrected chi connectivity index (χ3v) is 6.47. The summed E-state index contributed by atoms with van der Waals surface area (Å²) in [6, 6.07) is 11.7. The fraction of sp³-hybridized carbons (Fsp3) is 0.391. The number of amides is 2. The van der Waals surface area contributed by atoms with E-state index in [0.29, 0.717) is 23.7 Å². The van der Waals surface area contributed by atoms with Crippen LogP contribution in [0.15, 0.2) is 53.4 Å². The number of benzene rings is 2. The first-order valence-electron chi connectivity index (χ1n) is 10.8. The van der Waals surface area contributed by atoms with Crippen LogP contribution in [0.4, 0.5) is 11.4 Å². The van der Waals surface area contributed by atoms with Crippen molar-refractivity contribution in [2.24, 2.45) is 0 Å². The predicted molar refractivity (Wildman–Crippen MR) is 129 cm³/mol. The van der Waals surface area contributed by atoms with Crippen LogP contribution in [0, 0.1) is 0 Å². The largest absolute Gasteiger partial charge is 0.490 e. The lowest BCUT2D eigenvalue weighted by Gasteiger charge is -2.19. The molecule has 0 saturated carbocycles. The highest BCUT2D eigenvalue weighted by atomic mass is 32.2. The highest BCUT2D eigenvalue weighted by Gasteiger charge is 2.23. The zero-order valence-electron chi connectivity index (χ0n) is 19.4. The molecule has 10 heteroatoms. The molecule has 2 rings (SSSR count). The molecule has 0 fully saturated rings. The topological polar surface area (TPSA) is 117 Å². The van der Waals surface area contributed by atoms with Crippen molar-refractivity contribution in [2.45, 2.75) is 38.6 Å². The molecule has 9 nitrogen and oxygen atoms in total. The van der Waals surface area contributed by atoms with E-state index in [1.165, 1.54) is 38.1 Å². The monoisotopic (exact) mass is 476 g/mol. The summed E-state index contributed by atoms with van der Waals surface area (Å²) >= 11 is 0. The molecule has 0 bridgehead atoms. The van der Waals surface area contributed by atoms with Crippen LogP contribution >= 0.6 is 0 Å². The fourth-order valence-corrected chi connectivity index (χ4v) is 4.24. The van der Waals surface area contributed by atoms with Crippen molar-refractivity contribution in [2.75, 3.05) is 36.9 Å². The minimum Gasteiger partial charge on any atom is -0.490 e. The number of carbonyl (C=O) groups is 2. The molecule has 2 aromatic carbocycles. The molecule has 0 aliphatic heterocycles. The van der Waals surface area contributed by atoms with Gasteiger partial charge in [-0.2, -0.15) is 4.72 Å². The van der Waals surface area contributed by atoms with Gasteiger partial charge in [-0.1, -0.05) is 26.0 Å². The summed E-state index contributed by atoms with van der Waals surface area (Å²) in [6.45, 7) is 10.0. The highest BCUT2D eigenvalue weighted by molar-refractivity contribution is 7.89. The fourth-order valence-electron chi connectivity index (χ4n) is 3.04. The first kappa shape index (κ1) is 26.3. The van der Waals surface area contributed by atoms with E-state index >= 15 is 0 Å². The minimum absolute atomic E-state index is 0.0172. The third kappa shape index (κ3) is 8.16. The number of hydrogen-bond donors (Lipinski definition) is 3. The third-order valence-electron chi connectivity index (χ3n) is 4.91. The first-order valence-corrected chi connectivity index (χ1v) is 12.3. The Hall–Kier alpha value is -2.95. The normalized spacial score (nSPS) is 12.3. The molecule has 2 aromatic rings. The molecule has 0 radical (unpaired) electrons. The average molecular weight is 477 g/mol. The molecule has 3 N–H and O–H groups in total. The van der Waals surface area contributed by atoms with Gasteiger partial charge in [-0.05, 0) is 56.4 Å². The summed E-state index contributed by atoms with van der Waals surface area (Å²) in [6.07, 6.45) is 0. The van der Waals surface area contributed by atoms with E-state index in [9.17, 15) is 18.0 Å².